The Morgan fingerprint density at radius 2 is 1.63 bits per heavy atom. The van der Waals surface area contributed by atoms with Crippen molar-refractivity contribution in [2.75, 3.05) is 0 Å². The molecule has 19 heavy (non-hydrogen) atoms. The monoisotopic (exact) mass is 292 g/mol. The summed E-state index contributed by atoms with van der Waals surface area (Å²) in [6.07, 6.45) is 0. The third kappa shape index (κ3) is 3.21. The summed E-state index contributed by atoms with van der Waals surface area (Å²) in [5.41, 5.74) is 4.04. The Morgan fingerprint density at radius 1 is 1.05 bits per heavy atom. The molecule has 0 spiro atoms. The van der Waals surface area contributed by atoms with Crippen LogP contribution in [0.1, 0.15) is 52.6 Å². The Labute approximate surface area is 125 Å². The van der Waals surface area contributed by atoms with Gasteiger partial charge in [-0.05, 0) is 42.0 Å². The Kier molecular flexibility index (Phi) is 4.08. The lowest BCUT2D eigenvalue weighted by Crippen LogP contribution is -2.10. The van der Waals surface area contributed by atoms with E-state index in [1.165, 1.54) is 26.4 Å². The average molecular weight is 293 g/mol. The van der Waals surface area contributed by atoms with Crippen LogP contribution in [0, 0.1) is 13.8 Å². The van der Waals surface area contributed by atoms with Gasteiger partial charge in [0.15, 0.2) is 0 Å². The lowest BCUT2D eigenvalue weighted by Gasteiger charge is -2.19. The molecule has 0 aliphatic rings. The van der Waals surface area contributed by atoms with Crippen molar-refractivity contribution in [3.8, 4) is 0 Å². The molecule has 0 bridgehead atoms. The quantitative estimate of drug-likeness (QED) is 0.596. The van der Waals surface area contributed by atoms with Crippen LogP contribution >= 0.6 is 22.9 Å². The summed E-state index contributed by atoms with van der Waals surface area (Å²) in [4.78, 5) is 2.59. The molecular weight excluding hydrogens is 272 g/mol. The zero-order chi connectivity index (χ0) is 14.2. The molecule has 1 heterocycles. The molecule has 102 valence electrons. The molecule has 1 aromatic heterocycles. The van der Waals surface area contributed by atoms with E-state index in [0.29, 0.717) is 0 Å². The second-order valence-corrected chi connectivity index (χ2v) is 7.85. The Bertz CT molecular complexity index is 538. The van der Waals surface area contributed by atoms with Gasteiger partial charge in [0.25, 0.3) is 0 Å². The van der Waals surface area contributed by atoms with Gasteiger partial charge in [-0.15, -0.1) is 22.9 Å². The van der Waals surface area contributed by atoms with E-state index in [1.54, 1.807) is 11.3 Å². The van der Waals surface area contributed by atoms with Crippen molar-refractivity contribution in [1.29, 1.82) is 0 Å². The summed E-state index contributed by atoms with van der Waals surface area (Å²) in [5, 5.41) is -0.0357. The number of thiophene rings is 1. The highest BCUT2D eigenvalue weighted by molar-refractivity contribution is 7.12. The first-order chi connectivity index (χ1) is 8.79. The van der Waals surface area contributed by atoms with Crippen molar-refractivity contribution in [1.82, 2.24) is 0 Å². The van der Waals surface area contributed by atoms with E-state index in [2.05, 4.69) is 65.0 Å². The topological polar surface area (TPSA) is 0 Å². The maximum Gasteiger partial charge on any atom is 0.0927 e. The second kappa shape index (κ2) is 5.30. The van der Waals surface area contributed by atoms with E-state index in [0.717, 1.165) is 0 Å². The first kappa shape index (κ1) is 14.6. The van der Waals surface area contributed by atoms with Crippen molar-refractivity contribution >= 4 is 22.9 Å². The lowest BCUT2D eigenvalue weighted by molar-refractivity contribution is 0.590. The zero-order valence-corrected chi connectivity index (χ0v) is 13.8. The van der Waals surface area contributed by atoms with Crippen LogP contribution < -0.4 is 0 Å². The number of hydrogen-bond acceptors (Lipinski definition) is 1. The molecule has 0 fully saturated rings. The van der Waals surface area contributed by atoms with Crippen LogP contribution in [-0.2, 0) is 5.41 Å². The first-order valence-corrected chi connectivity index (χ1v) is 7.86. The fourth-order valence-electron chi connectivity index (χ4n) is 2.04. The average Bonchev–Trinajstić information content (AvgIpc) is 2.68. The number of rotatable bonds is 2. The number of halogens is 1. The van der Waals surface area contributed by atoms with Gasteiger partial charge in [0.1, 0.15) is 0 Å². The SMILES string of the molecule is Cc1cc(C(Cl)c2ccc(C(C)(C)C)cc2)sc1C. The van der Waals surface area contributed by atoms with Gasteiger partial charge in [-0.2, -0.15) is 0 Å². The Hall–Kier alpha value is -0.790. The third-order valence-corrected chi connectivity index (χ3v) is 5.34. The van der Waals surface area contributed by atoms with Gasteiger partial charge >= 0.3 is 0 Å². The van der Waals surface area contributed by atoms with E-state index < -0.39 is 0 Å². The molecule has 0 saturated heterocycles. The van der Waals surface area contributed by atoms with Crippen LogP contribution in [0.4, 0.5) is 0 Å². The fourth-order valence-corrected chi connectivity index (χ4v) is 3.43. The van der Waals surface area contributed by atoms with Crippen LogP contribution in [-0.4, -0.2) is 0 Å². The van der Waals surface area contributed by atoms with Gasteiger partial charge in [-0.25, -0.2) is 0 Å². The zero-order valence-electron chi connectivity index (χ0n) is 12.3. The highest BCUT2D eigenvalue weighted by atomic mass is 35.5. The molecule has 0 nitrogen and oxygen atoms in total. The van der Waals surface area contributed by atoms with Gasteiger partial charge in [-0.3, -0.25) is 0 Å². The molecule has 2 heteroatoms. The predicted molar refractivity (Wildman–Crippen MR) is 86.6 cm³/mol. The Morgan fingerprint density at radius 3 is 2.05 bits per heavy atom. The largest absolute Gasteiger partial charge is 0.143 e. The van der Waals surface area contributed by atoms with E-state index in [-0.39, 0.29) is 10.8 Å². The molecule has 0 aliphatic carbocycles. The fraction of sp³-hybridized carbons (Fsp3) is 0.412. The van der Waals surface area contributed by atoms with E-state index in [9.17, 15) is 0 Å². The van der Waals surface area contributed by atoms with Crippen molar-refractivity contribution in [3.05, 3.63) is 56.8 Å². The molecule has 0 amide bonds. The second-order valence-electron chi connectivity index (χ2n) is 6.12. The minimum absolute atomic E-state index is 0.0357. The number of hydrogen-bond donors (Lipinski definition) is 0. The normalized spacial score (nSPS) is 13.6. The van der Waals surface area contributed by atoms with Gasteiger partial charge in [0.2, 0.25) is 0 Å². The maximum atomic E-state index is 6.59. The summed E-state index contributed by atoms with van der Waals surface area (Å²) >= 11 is 8.39. The predicted octanol–water partition coefficient (Wildman–Crippen LogP) is 5.99. The molecule has 0 aliphatic heterocycles. The molecule has 1 aromatic carbocycles. The summed E-state index contributed by atoms with van der Waals surface area (Å²) < 4.78 is 0. The molecule has 2 rings (SSSR count). The van der Waals surface area contributed by atoms with Crippen LogP contribution in [0.3, 0.4) is 0 Å². The van der Waals surface area contributed by atoms with Gasteiger partial charge in [0.05, 0.1) is 5.38 Å². The van der Waals surface area contributed by atoms with E-state index in [1.807, 2.05) is 0 Å². The van der Waals surface area contributed by atoms with Gasteiger partial charge in [-0.1, -0.05) is 45.0 Å². The Balaban J connectivity index is 2.27. The molecule has 1 unspecified atom stereocenters. The smallest absolute Gasteiger partial charge is 0.0927 e. The summed E-state index contributed by atoms with van der Waals surface area (Å²) in [6.45, 7) is 11.0. The number of alkyl halides is 1. The van der Waals surface area contributed by atoms with Crippen molar-refractivity contribution in [3.63, 3.8) is 0 Å². The standard InChI is InChI=1S/C17H21ClS/c1-11-10-15(19-12(11)2)16(18)13-6-8-14(9-7-13)17(3,4)5/h6-10,16H,1-5H3. The van der Waals surface area contributed by atoms with Crippen LogP contribution in [0.25, 0.3) is 0 Å². The molecular formula is C17H21ClS. The minimum Gasteiger partial charge on any atom is -0.143 e. The van der Waals surface area contributed by atoms with E-state index in [4.69, 9.17) is 11.6 Å². The summed E-state index contributed by atoms with van der Waals surface area (Å²) in [5.74, 6) is 0. The highest BCUT2D eigenvalue weighted by Crippen LogP contribution is 2.36. The summed E-state index contributed by atoms with van der Waals surface area (Å²) in [7, 11) is 0. The van der Waals surface area contributed by atoms with Crippen molar-refractivity contribution in [2.24, 2.45) is 0 Å². The molecule has 0 radical (unpaired) electrons. The van der Waals surface area contributed by atoms with Crippen LogP contribution in [0.2, 0.25) is 0 Å². The molecule has 2 aromatic rings. The first-order valence-electron chi connectivity index (χ1n) is 6.60. The van der Waals surface area contributed by atoms with Crippen LogP contribution in [0.5, 0.6) is 0 Å². The molecule has 1 atom stereocenters. The third-order valence-electron chi connectivity index (χ3n) is 3.50. The molecule has 0 N–H and O–H groups in total. The van der Waals surface area contributed by atoms with Crippen LogP contribution in [0.15, 0.2) is 30.3 Å². The van der Waals surface area contributed by atoms with Gasteiger partial charge < -0.3 is 0 Å². The highest BCUT2D eigenvalue weighted by Gasteiger charge is 2.17. The maximum absolute atomic E-state index is 6.59. The van der Waals surface area contributed by atoms with E-state index >= 15 is 0 Å². The lowest BCUT2D eigenvalue weighted by atomic mass is 9.86. The number of benzene rings is 1. The summed E-state index contributed by atoms with van der Waals surface area (Å²) in [6, 6.07) is 10.9. The molecule has 0 saturated carbocycles. The van der Waals surface area contributed by atoms with Gasteiger partial charge in [0, 0.05) is 9.75 Å². The minimum atomic E-state index is -0.0357. The van der Waals surface area contributed by atoms with Crippen molar-refractivity contribution in [2.45, 2.75) is 45.4 Å². The van der Waals surface area contributed by atoms with Crippen molar-refractivity contribution < 1.29 is 0 Å². The number of aryl methyl sites for hydroxylation is 2.